The average Bonchev–Trinajstić information content (AvgIpc) is 2.79. The minimum Gasteiger partial charge on any atom is -0.439 e. The lowest BCUT2D eigenvalue weighted by molar-refractivity contribution is 0.0513. The van der Waals surface area contributed by atoms with Crippen molar-refractivity contribution in [2.75, 3.05) is 13.2 Å². The summed E-state index contributed by atoms with van der Waals surface area (Å²) in [6.07, 6.45) is 7.04. The molecule has 1 fully saturated rings. The Morgan fingerprint density at radius 3 is 2.72 bits per heavy atom. The number of rotatable bonds is 6. The number of aromatic nitrogens is 2. The molecule has 3 heterocycles. The van der Waals surface area contributed by atoms with Crippen molar-refractivity contribution in [1.29, 1.82) is 0 Å². The van der Waals surface area contributed by atoms with Crippen LogP contribution in [0.3, 0.4) is 0 Å². The summed E-state index contributed by atoms with van der Waals surface area (Å²) in [5.74, 6) is 1.22. The molecule has 148 valence electrons. The van der Waals surface area contributed by atoms with Gasteiger partial charge >= 0.3 is 0 Å². The molecule has 6 heteroatoms. The zero-order valence-corrected chi connectivity index (χ0v) is 16.0. The fourth-order valence-electron chi connectivity index (χ4n) is 3.54. The maximum Gasteiger partial charge on any atom is 0.251 e. The van der Waals surface area contributed by atoms with Crippen molar-refractivity contribution < 1.29 is 14.3 Å². The predicted molar refractivity (Wildman–Crippen MR) is 109 cm³/mol. The van der Waals surface area contributed by atoms with Gasteiger partial charge in [0.25, 0.3) is 5.91 Å². The highest BCUT2D eigenvalue weighted by molar-refractivity contribution is 5.94. The number of hydrogen-bond acceptors (Lipinski definition) is 5. The maximum atomic E-state index is 13.0. The van der Waals surface area contributed by atoms with Crippen molar-refractivity contribution in [2.24, 2.45) is 5.92 Å². The molecule has 0 saturated carbocycles. The molecule has 1 N–H and O–H groups in total. The molecule has 1 amide bonds. The zero-order valence-electron chi connectivity index (χ0n) is 16.0. The first kappa shape index (κ1) is 19.1. The highest BCUT2D eigenvalue weighted by atomic mass is 16.5. The lowest BCUT2D eigenvalue weighted by Crippen LogP contribution is -2.36. The van der Waals surface area contributed by atoms with E-state index in [2.05, 4.69) is 15.3 Å². The first-order valence-corrected chi connectivity index (χ1v) is 9.77. The van der Waals surface area contributed by atoms with Gasteiger partial charge in [0, 0.05) is 43.4 Å². The van der Waals surface area contributed by atoms with Gasteiger partial charge in [-0.25, -0.2) is 4.98 Å². The molecule has 1 unspecified atom stereocenters. The van der Waals surface area contributed by atoms with Gasteiger partial charge in [-0.3, -0.25) is 9.78 Å². The van der Waals surface area contributed by atoms with E-state index in [4.69, 9.17) is 9.47 Å². The molecule has 1 saturated heterocycles. The van der Waals surface area contributed by atoms with Gasteiger partial charge in [0.2, 0.25) is 5.88 Å². The topological polar surface area (TPSA) is 73.3 Å². The summed E-state index contributed by atoms with van der Waals surface area (Å²) in [6.45, 7) is 1.43. The van der Waals surface area contributed by atoms with E-state index in [1.807, 2.05) is 36.5 Å². The molecule has 1 aliphatic rings. The number of pyridine rings is 2. The highest BCUT2D eigenvalue weighted by Crippen LogP contribution is 2.30. The van der Waals surface area contributed by atoms with Crippen LogP contribution in [0.15, 0.2) is 73.2 Å². The molecule has 6 nitrogen and oxygen atoms in total. The normalized spacial score (nSPS) is 15.4. The maximum absolute atomic E-state index is 13.0. The first-order chi connectivity index (χ1) is 14.3. The summed E-state index contributed by atoms with van der Waals surface area (Å²) < 4.78 is 11.3. The van der Waals surface area contributed by atoms with Crippen LogP contribution in [0.2, 0.25) is 0 Å². The average molecular weight is 389 g/mol. The van der Waals surface area contributed by atoms with Gasteiger partial charge in [-0.1, -0.05) is 18.2 Å². The van der Waals surface area contributed by atoms with Gasteiger partial charge in [0.05, 0.1) is 6.04 Å². The highest BCUT2D eigenvalue weighted by Gasteiger charge is 2.27. The van der Waals surface area contributed by atoms with Gasteiger partial charge in [0.15, 0.2) is 0 Å². The van der Waals surface area contributed by atoms with Crippen molar-refractivity contribution in [3.05, 3.63) is 84.3 Å². The number of nitrogens with one attached hydrogen (secondary N) is 1. The van der Waals surface area contributed by atoms with E-state index in [0.717, 1.165) is 18.4 Å². The molecule has 1 atom stereocenters. The molecular formula is C23H23N3O3. The minimum absolute atomic E-state index is 0.111. The molecule has 1 aromatic carbocycles. The van der Waals surface area contributed by atoms with Crippen molar-refractivity contribution in [3.63, 3.8) is 0 Å². The van der Waals surface area contributed by atoms with E-state index < -0.39 is 0 Å². The van der Waals surface area contributed by atoms with Crippen LogP contribution in [-0.4, -0.2) is 29.1 Å². The Balaban J connectivity index is 1.52. The number of nitrogens with zero attached hydrogens (tertiary/aromatic N) is 2. The number of benzene rings is 1. The molecule has 3 aromatic rings. The Kier molecular flexibility index (Phi) is 6.12. The number of ether oxygens (including phenoxy) is 2. The fraction of sp³-hybridized carbons (Fsp3) is 0.261. The number of hydrogen-bond donors (Lipinski definition) is 1. The van der Waals surface area contributed by atoms with Gasteiger partial charge in [-0.2, -0.15) is 0 Å². The summed E-state index contributed by atoms with van der Waals surface area (Å²) in [4.78, 5) is 21.4. The van der Waals surface area contributed by atoms with E-state index in [0.29, 0.717) is 36.3 Å². The van der Waals surface area contributed by atoms with Crippen LogP contribution in [0.1, 0.15) is 34.8 Å². The van der Waals surface area contributed by atoms with Crippen molar-refractivity contribution in [1.82, 2.24) is 15.3 Å². The molecule has 1 aliphatic heterocycles. The number of carbonyl (C=O) groups excluding carboxylic acids is 1. The Hall–Kier alpha value is -3.25. The number of amides is 1. The van der Waals surface area contributed by atoms with Crippen LogP contribution >= 0.6 is 0 Å². The summed E-state index contributed by atoms with van der Waals surface area (Å²) in [7, 11) is 0. The van der Waals surface area contributed by atoms with Gasteiger partial charge < -0.3 is 14.8 Å². The second-order valence-corrected chi connectivity index (χ2v) is 6.99. The third kappa shape index (κ3) is 4.97. The van der Waals surface area contributed by atoms with Crippen LogP contribution in [-0.2, 0) is 4.74 Å². The zero-order chi connectivity index (χ0) is 19.9. The largest absolute Gasteiger partial charge is 0.439 e. The smallest absolute Gasteiger partial charge is 0.251 e. The van der Waals surface area contributed by atoms with E-state index in [-0.39, 0.29) is 11.9 Å². The summed E-state index contributed by atoms with van der Waals surface area (Å²) in [5, 5.41) is 3.20. The monoisotopic (exact) mass is 389 g/mol. The molecular weight excluding hydrogens is 366 g/mol. The van der Waals surface area contributed by atoms with E-state index in [9.17, 15) is 4.79 Å². The number of carbonyl (C=O) groups is 1. The Labute approximate surface area is 169 Å². The molecule has 0 spiro atoms. The van der Waals surface area contributed by atoms with E-state index >= 15 is 0 Å². The van der Waals surface area contributed by atoms with Crippen LogP contribution in [0.4, 0.5) is 0 Å². The Morgan fingerprint density at radius 2 is 1.97 bits per heavy atom. The SMILES string of the molecule is O=C(NC(c1cccnc1)C1CCOCC1)c1cccc(Oc2ccccn2)c1. The summed E-state index contributed by atoms with van der Waals surface area (Å²) >= 11 is 0. The lowest BCUT2D eigenvalue weighted by Gasteiger charge is -2.31. The van der Waals surface area contributed by atoms with E-state index in [1.54, 1.807) is 36.7 Å². The standard InChI is InChI=1S/C23H23N3O3/c27-23(18-5-3-7-20(15-18)29-21-8-1-2-12-25-21)26-22(17-9-13-28-14-10-17)19-6-4-11-24-16-19/h1-8,11-12,15-17,22H,9-10,13-14H2,(H,26,27). The lowest BCUT2D eigenvalue weighted by atomic mass is 9.87. The fourth-order valence-corrected chi connectivity index (χ4v) is 3.54. The molecule has 0 bridgehead atoms. The summed E-state index contributed by atoms with van der Waals surface area (Å²) in [5.41, 5.74) is 1.55. The van der Waals surface area contributed by atoms with Crippen LogP contribution in [0.25, 0.3) is 0 Å². The Morgan fingerprint density at radius 1 is 1.07 bits per heavy atom. The van der Waals surface area contributed by atoms with Crippen molar-refractivity contribution >= 4 is 5.91 Å². The van der Waals surface area contributed by atoms with Crippen molar-refractivity contribution in [2.45, 2.75) is 18.9 Å². The second-order valence-electron chi connectivity index (χ2n) is 6.99. The van der Waals surface area contributed by atoms with Crippen molar-refractivity contribution in [3.8, 4) is 11.6 Å². The quantitative estimate of drug-likeness (QED) is 0.685. The van der Waals surface area contributed by atoms with Gasteiger partial charge in [0.1, 0.15) is 5.75 Å². The van der Waals surface area contributed by atoms with E-state index in [1.165, 1.54) is 0 Å². The Bertz CT molecular complexity index is 928. The van der Waals surface area contributed by atoms with Gasteiger partial charge in [-0.05, 0) is 54.7 Å². The molecule has 4 rings (SSSR count). The van der Waals surface area contributed by atoms with Crippen LogP contribution in [0, 0.1) is 5.92 Å². The third-order valence-electron chi connectivity index (χ3n) is 5.02. The predicted octanol–water partition coefficient (Wildman–Crippen LogP) is 4.17. The molecule has 2 aromatic heterocycles. The summed E-state index contributed by atoms with van der Waals surface area (Å²) in [6, 6.07) is 16.4. The van der Waals surface area contributed by atoms with Crippen LogP contribution < -0.4 is 10.1 Å². The molecule has 29 heavy (non-hydrogen) atoms. The third-order valence-corrected chi connectivity index (χ3v) is 5.02. The van der Waals surface area contributed by atoms with Crippen LogP contribution in [0.5, 0.6) is 11.6 Å². The second kappa shape index (κ2) is 9.30. The minimum atomic E-state index is -0.142. The molecule has 0 radical (unpaired) electrons. The van der Waals surface area contributed by atoms with Gasteiger partial charge in [-0.15, -0.1) is 0 Å². The first-order valence-electron chi connectivity index (χ1n) is 9.77. The molecule has 0 aliphatic carbocycles.